The van der Waals surface area contributed by atoms with Gasteiger partial charge in [0.05, 0.1) is 26.4 Å². The van der Waals surface area contributed by atoms with Crippen LogP contribution >= 0.6 is 24.0 Å². The summed E-state index contributed by atoms with van der Waals surface area (Å²) in [6, 6.07) is 10.9. The number of benzene rings is 1. The van der Waals surface area contributed by atoms with Gasteiger partial charge in [-0.3, -0.25) is 4.99 Å². The monoisotopic (exact) mass is 574 g/mol. The molecule has 2 atom stereocenters. The second kappa shape index (κ2) is 15.1. The van der Waals surface area contributed by atoms with Crippen LogP contribution in [0.15, 0.2) is 35.3 Å². The molecule has 2 fully saturated rings. The number of aliphatic imine (C=N–C) groups is 1. The number of halogens is 1. The highest BCUT2D eigenvalue weighted by atomic mass is 127. The lowest BCUT2D eigenvalue weighted by atomic mass is 9.88. The van der Waals surface area contributed by atoms with Crippen LogP contribution in [0.2, 0.25) is 0 Å². The summed E-state index contributed by atoms with van der Waals surface area (Å²) in [5, 5.41) is 7.44. The second-order valence-electron chi connectivity index (χ2n) is 9.01. The van der Waals surface area contributed by atoms with Crippen molar-refractivity contribution in [3.05, 3.63) is 35.9 Å². The molecule has 0 saturated carbocycles. The predicted octanol–water partition coefficient (Wildman–Crippen LogP) is 3.45. The van der Waals surface area contributed by atoms with E-state index in [2.05, 4.69) is 59.7 Å². The Labute approximate surface area is 217 Å². The molecular weight excluding hydrogens is 531 g/mol. The Morgan fingerprint density at radius 3 is 2.70 bits per heavy atom. The maximum absolute atomic E-state index is 5.77. The molecule has 7 nitrogen and oxygen atoms in total. The first-order valence-electron chi connectivity index (χ1n) is 12.2. The summed E-state index contributed by atoms with van der Waals surface area (Å²) < 4.78 is 16.5. The SMILES string of the molecule is CCNC(=NCC1(NC(C)c2ccccc2)CCOCC1)N1CCC(COCCOC)C1.I. The van der Waals surface area contributed by atoms with E-state index in [0.29, 0.717) is 19.1 Å². The van der Waals surface area contributed by atoms with Gasteiger partial charge in [0, 0.05) is 57.5 Å². The molecule has 2 N–H and O–H groups in total. The van der Waals surface area contributed by atoms with E-state index in [1.807, 2.05) is 0 Å². The Morgan fingerprint density at radius 2 is 2.00 bits per heavy atom. The van der Waals surface area contributed by atoms with Crippen molar-refractivity contribution in [2.75, 3.05) is 66.3 Å². The Balaban J connectivity index is 0.00000385. The summed E-state index contributed by atoms with van der Waals surface area (Å²) in [6.45, 7) is 11.7. The summed E-state index contributed by atoms with van der Waals surface area (Å²) >= 11 is 0. The van der Waals surface area contributed by atoms with Crippen LogP contribution in [-0.4, -0.2) is 82.7 Å². The number of rotatable bonds is 11. The van der Waals surface area contributed by atoms with Crippen LogP contribution in [0.5, 0.6) is 0 Å². The minimum Gasteiger partial charge on any atom is -0.382 e. The zero-order chi connectivity index (χ0) is 22.7. The van der Waals surface area contributed by atoms with Crippen LogP contribution in [-0.2, 0) is 14.2 Å². The van der Waals surface area contributed by atoms with E-state index in [0.717, 1.165) is 71.2 Å². The first-order valence-corrected chi connectivity index (χ1v) is 12.2. The van der Waals surface area contributed by atoms with Crippen molar-refractivity contribution in [3.8, 4) is 0 Å². The lowest BCUT2D eigenvalue weighted by Gasteiger charge is -2.40. The number of guanidine groups is 1. The molecule has 8 heteroatoms. The Bertz CT molecular complexity index is 685. The van der Waals surface area contributed by atoms with Gasteiger partial charge >= 0.3 is 0 Å². The van der Waals surface area contributed by atoms with E-state index in [1.165, 1.54) is 5.56 Å². The van der Waals surface area contributed by atoms with Gasteiger partial charge in [0.1, 0.15) is 0 Å². The second-order valence-corrected chi connectivity index (χ2v) is 9.01. The predicted molar refractivity (Wildman–Crippen MR) is 145 cm³/mol. The highest BCUT2D eigenvalue weighted by molar-refractivity contribution is 14.0. The van der Waals surface area contributed by atoms with Gasteiger partial charge in [0.2, 0.25) is 0 Å². The summed E-state index contributed by atoms with van der Waals surface area (Å²) in [6.07, 6.45) is 3.09. The van der Waals surface area contributed by atoms with Gasteiger partial charge in [0.15, 0.2) is 5.96 Å². The molecule has 2 heterocycles. The Hall–Kier alpha value is -0.940. The van der Waals surface area contributed by atoms with Crippen molar-refractivity contribution >= 4 is 29.9 Å². The van der Waals surface area contributed by atoms with Crippen molar-refractivity contribution < 1.29 is 14.2 Å². The number of nitrogens with one attached hydrogen (secondary N) is 2. The average Bonchev–Trinajstić information content (AvgIpc) is 3.29. The molecule has 2 saturated heterocycles. The molecule has 0 amide bonds. The van der Waals surface area contributed by atoms with Crippen molar-refractivity contribution in [1.29, 1.82) is 0 Å². The third kappa shape index (κ3) is 8.98. The molecule has 3 rings (SSSR count). The van der Waals surface area contributed by atoms with Crippen LogP contribution in [0.3, 0.4) is 0 Å². The fraction of sp³-hybridized carbons (Fsp3) is 0.720. The third-order valence-electron chi connectivity index (χ3n) is 6.51. The highest BCUT2D eigenvalue weighted by Gasteiger charge is 2.34. The van der Waals surface area contributed by atoms with Gasteiger partial charge in [-0.2, -0.15) is 0 Å². The first-order chi connectivity index (χ1) is 15.7. The first kappa shape index (κ1) is 28.3. The molecule has 2 unspecified atom stereocenters. The standard InChI is InChI=1S/C25H42N4O3.HI/c1-4-26-24(29-13-10-22(18-29)19-32-17-16-30-3)27-20-25(11-14-31-15-12-25)28-21(2)23-8-6-5-7-9-23;/h5-9,21-22,28H,4,10-20H2,1-3H3,(H,26,27);1H. The van der Waals surface area contributed by atoms with E-state index in [9.17, 15) is 0 Å². The molecule has 1 aromatic carbocycles. The van der Waals surface area contributed by atoms with E-state index >= 15 is 0 Å². The van der Waals surface area contributed by atoms with Crippen LogP contribution < -0.4 is 10.6 Å². The Kier molecular flexibility index (Phi) is 13.0. The minimum absolute atomic E-state index is 0. The van der Waals surface area contributed by atoms with Crippen LogP contribution in [0.1, 0.15) is 44.7 Å². The van der Waals surface area contributed by atoms with Crippen molar-refractivity contribution in [1.82, 2.24) is 15.5 Å². The number of hydrogen-bond acceptors (Lipinski definition) is 5. The fourth-order valence-electron chi connectivity index (χ4n) is 4.60. The van der Waals surface area contributed by atoms with E-state index < -0.39 is 0 Å². The lowest BCUT2D eigenvalue weighted by Crippen LogP contribution is -2.53. The van der Waals surface area contributed by atoms with E-state index in [1.54, 1.807) is 7.11 Å². The molecule has 0 bridgehead atoms. The summed E-state index contributed by atoms with van der Waals surface area (Å²) in [7, 11) is 1.71. The van der Waals surface area contributed by atoms with Crippen molar-refractivity contribution in [2.45, 2.75) is 44.7 Å². The number of methoxy groups -OCH3 is 1. The van der Waals surface area contributed by atoms with Gasteiger partial charge in [-0.05, 0) is 38.7 Å². The van der Waals surface area contributed by atoms with Crippen molar-refractivity contribution in [3.63, 3.8) is 0 Å². The van der Waals surface area contributed by atoms with E-state index in [4.69, 9.17) is 19.2 Å². The highest BCUT2D eigenvalue weighted by Crippen LogP contribution is 2.26. The summed E-state index contributed by atoms with van der Waals surface area (Å²) in [4.78, 5) is 7.53. The maximum atomic E-state index is 5.77. The largest absolute Gasteiger partial charge is 0.382 e. The normalized spacial score (nSPS) is 21.5. The van der Waals surface area contributed by atoms with E-state index in [-0.39, 0.29) is 35.6 Å². The zero-order valence-corrected chi connectivity index (χ0v) is 22.9. The lowest BCUT2D eigenvalue weighted by molar-refractivity contribution is 0.0373. The number of hydrogen-bond donors (Lipinski definition) is 2. The topological polar surface area (TPSA) is 67.4 Å². The zero-order valence-electron chi connectivity index (χ0n) is 20.6. The van der Waals surface area contributed by atoms with Gasteiger partial charge in [-0.25, -0.2) is 0 Å². The van der Waals surface area contributed by atoms with Crippen LogP contribution in [0, 0.1) is 5.92 Å². The van der Waals surface area contributed by atoms with Gasteiger partial charge in [0.25, 0.3) is 0 Å². The molecule has 1 aromatic rings. The van der Waals surface area contributed by atoms with Crippen LogP contribution in [0.25, 0.3) is 0 Å². The molecular formula is C25H43IN4O3. The van der Waals surface area contributed by atoms with Crippen molar-refractivity contribution in [2.24, 2.45) is 10.9 Å². The molecule has 33 heavy (non-hydrogen) atoms. The smallest absolute Gasteiger partial charge is 0.193 e. The molecule has 0 spiro atoms. The molecule has 188 valence electrons. The maximum Gasteiger partial charge on any atom is 0.193 e. The number of ether oxygens (including phenoxy) is 3. The molecule has 2 aliphatic rings. The number of nitrogens with zero attached hydrogens (tertiary/aromatic N) is 2. The Morgan fingerprint density at radius 1 is 1.24 bits per heavy atom. The van der Waals surface area contributed by atoms with Gasteiger partial charge < -0.3 is 29.7 Å². The molecule has 0 aliphatic carbocycles. The van der Waals surface area contributed by atoms with Crippen LogP contribution in [0.4, 0.5) is 0 Å². The molecule has 0 radical (unpaired) electrons. The quantitative estimate of drug-likeness (QED) is 0.183. The fourth-order valence-corrected chi connectivity index (χ4v) is 4.60. The van der Waals surface area contributed by atoms with Gasteiger partial charge in [-0.15, -0.1) is 24.0 Å². The minimum atomic E-state index is -0.0451. The molecule has 0 aromatic heterocycles. The number of likely N-dealkylation sites (tertiary alicyclic amines) is 1. The summed E-state index contributed by atoms with van der Waals surface area (Å²) in [5.74, 6) is 1.57. The summed E-state index contributed by atoms with van der Waals surface area (Å²) in [5.41, 5.74) is 1.27. The molecule has 2 aliphatic heterocycles. The third-order valence-corrected chi connectivity index (χ3v) is 6.51. The average molecular weight is 575 g/mol. The van der Waals surface area contributed by atoms with Gasteiger partial charge in [-0.1, -0.05) is 30.3 Å².